The molecule has 0 aromatic heterocycles. The van der Waals surface area contributed by atoms with Gasteiger partial charge in [0.25, 0.3) is 5.91 Å². The van der Waals surface area contributed by atoms with Crippen molar-refractivity contribution in [3.8, 4) is 17.2 Å². The largest absolute Gasteiger partial charge is 0.339 e. The van der Waals surface area contributed by atoms with Gasteiger partial charge in [-0.3, -0.25) is 4.79 Å². The summed E-state index contributed by atoms with van der Waals surface area (Å²) in [6.07, 6.45) is 4.56. The Bertz CT molecular complexity index is 754. The second kappa shape index (κ2) is 6.66. The number of amides is 1. The topological polar surface area (TPSA) is 44.1 Å². The molecule has 0 atom stereocenters. The van der Waals surface area contributed by atoms with E-state index >= 15 is 0 Å². The van der Waals surface area contributed by atoms with E-state index in [-0.39, 0.29) is 5.91 Å². The molecule has 1 amide bonds. The minimum Gasteiger partial charge on any atom is -0.339 e. The van der Waals surface area contributed by atoms with E-state index in [1.54, 1.807) is 6.07 Å². The van der Waals surface area contributed by atoms with Crippen molar-refractivity contribution in [2.75, 3.05) is 7.05 Å². The van der Waals surface area contributed by atoms with Gasteiger partial charge >= 0.3 is 0 Å². The molecule has 3 heteroatoms. The second-order valence-electron chi connectivity index (χ2n) is 6.06. The molecular formula is C20H20N2O. The molecule has 3 rings (SSSR count). The summed E-state index contributed by atoms with van der Waals surface area (Å²) < 4.78 is 0. The van der Waals surface area contributed by atoms with Gasteiger partial charge in [0.2, 0.25) is 0 Å². The predicted molar refractivity (Wildman–Crippen MR) is 90.9 cm³/mol. The highest BCUT2D eigenvalue weighted by atomic mass is 16.2. The summed E-state index contributed by atoms with van der Waals surface area (Å²) in [5.41, 5.74) is 2.92. The lowest BCUT2D eigenvalue weighted by Gasteiger charge is -2.25. The molecule has 1 aliphatic rings. The fourth-order valence-corrected chi connectivity index (χ4v) is 3.37. The van der Waals surface area contributed by atoms with Gasteiger partial charge in [0, 0.05) is 24.2 Å². The van der Waals surface area contributed by atoms with Crippen molar-refractivity contribution in [1.29, 1.82) is 5.26 Å². The molecule has 0 saturated heterocycles. The van der Waals surface area contributed by atoms with E-state index in [1.165, 1.54) is 12.8 Å². The van der Waals surface area contributed by atoms with E-state index in [2.05, 4.69) is 6.07 Å². The maximum atomic E-state index is 13.0. The number of rotatable bonds is 3. The minimum absolute atomic E-state index is 0.0419. The van der Waals surface area contributed by atoms with Crippen molar-refractivity contribution in [3.63, 3.8) is 0 Å². The predicted octanol–water partition coefficient (Wildman–Crippen LogP) is 4.24. The Morgan fingerprint density at radius 3 is 2.35 bits per heavy atom. The molecule has 0 bridgehead atoms. The smallest absolute Gasteiger partial charge is 0.254 e. The molecule has 1 saturated carbocycles. The number of hydrogen-bond donors (Lipinski definition) is 0. The van der Waals surface area contributed by atoms with Crippen LogP contribution in [0.25, 0.3) is 11.1 Å². The van der Waals surface area contributed by atoms with E-state index in [4.69, 9.17) is 0 Å². The normalized spacial score (nSPS) is 14.4. The van der Waals surface area contributed by atoms with Crippen LogP contribution < -0.4 is 0 Å². The van der Waals surface area contributed by atoms with Crippen molar-refractivity contribution in [2.45, 2.75) is 31.7 Å². The van der Waals surface area contributed by atoms with Gasteiger partial charge in [-0.1, -0.05) is 49.2 Å². The summed E-state index contributed by atoms with van der Waals surface area (Å²) in [5.74, 6) is 0.0419. The van der Waals surface area contributed by atoms with E-state index in [9.17, 15) is 10.1 Å². The number of carbonyl (C=O) groups is 1. The molecule has 0 unspecified atom stereocenters. The summed E-state index contributed by atoms with van der Waals surface area (Å²) in [4.78, 5) is 14.8. The summed E-state index contributed by atoms with van der Waals surface area (Å²) in [5, 5.41) is 9.35. The average Bonchev–Trinajstić information content (AvgIpc) is 3.15. The van der Waals surface area contributed by atoms with Gasteiger partial charge in [0.1, 0.15) is 0 Å². The first-order valence-corrected chi connectivity index (χ1v) is 8.08. The third kappa shape index (κ3) is 2.98. The Labute approximate surface area is 137 Å². The van der Waals surface area contributed by atoms with Gasteiger partial charge in [0.05, 0.1) is 11.6 Å². The molecule has 0 heterocycles. The maximum absolute atomic E-state index is 13.0. The summed E-state index contributed by atoms with van der Waals surface area (Å²) >= 11 is 0. The van der Waals surface area contributed by atoms with E-state index in [1.807, 2.05) is 54.4 Å². The maximum Gasteiger partial charge on any atom is 0.254 e. The lowest BCUT2D eigenvalue weighted by Crippen LogP contribution is -2.35. The molecular weight excluding hydrogens is 284 g/mol. The van der Waals surface area contributed by atoms with Crippen LogP contribution in [0.1, 0.15) is 41.6 Å². The molecule has 23 heavy (non-hydrogen) atoms. The third-order valence-corrected chi connectivity index (χ3v) is 4.69. The fraction of sp³-hybridized carbons (Fsp3) is 0.300. The SMILES string of the molecule is CN(C(=O)c1ccccc1-c1ccccc1C#N)C1CCCC1. The Morgan fingerprint density at radius 2 is 1.65 bits per heavy atom. The summed E-state index contributed by atoms with van der Waals surface area (Å²) in [7, 11) is 1.89. The standard InChI is InChI=1S/C20H20N2O/c1-22(16-9-3-4-10-16)20(23)19-13-7-6-12-18(19)17-11-5-2-8-15(17)14-21/h2,5-8,11-13,16H,3-4,9-10H2,1H3. The number of carbonyl (C=O) groups excluding carboxylic acids is 1. The Morgan fingerprint density at radius 1 is 1.04 bits per heavy atom. The number of nitriles is 1. The van der Waals surface area contributed by atoms with Crippen LogP contribution >= 0.6 is 0 Å². The van der Waals surface area contributed by atoms with Gasteiger partial charge < -0.3 is 4.90 Å². The minimum atomic E-state index is 0.0419. The molecule has 0 aliphatic heterocycles. The molecule has 116 valence electrons. The van der Waals surface area contributed by atoms with Crippen LogP contribution in [0, 0.1) is 11.3 Å². The molecule has 1 aliphatic carbocycles. The van der Waals surface area contributed by atoms with Crippen LogP contribution in [-0.2, 0) is 0 Å². The Balaban J connectivity index is 2.01. The van der Waals surface area contributed by atoms with Gasteiger partial charge in [-0.25, -0.2) is 0 Å². The van der Waals surface area contributed by atoms with Crippen LogP contribution in [0.2, 0.25) is 0 Å². The number of hydrogen-bond acceptors (Lipinski definition) is 2. The fourth-order valence-electron chi connectivity index (χ4n) is 3.37. The number of nitrogens with zero attached hydrogens (tertiary/aromatic N) is 2. The van der Waals surface area contributed by atoms with Crippen molar-refractivity contribution in [1.82, 2.24) is 4.90 Å². The highest BCUT2D eigenvalue weighted by molar-refractivity contribution is 6.01. The highest BCUT2D eigenvalue weighted by Gasteiger charge is 2.26. The third-order valence-electron chi connectivity index (χ3n) is 4.69. The molecule has 0 radical (unpaired) electrons. The van der Waals surface area contributed by atoms with Crippen LogP contribution in [-0.4, -0.2) is 23.9 Å². The Hall–Kier alpha value is -2.60. The first kappa shape index (κ1) is 15.3. The van der Waals surface area contributed by atoms with Crippen LogP contribution in [0.5, 0.6) is 0 Å². The Kier molecular flexibility index (Phi) is 4.43. The quantitative estimate of drug-likeness (QED) is 0.851. The lowest BCUT2D eigenvalue weighted by molar-refractivity contribution is 0.0736. The van der Waals surface area contributed by atoms with Crippen LogP contribution in [0.3, 0.4) is 0 Å². The van der Waals surface area contributed by atoms with Crippen molar-refractivity contribution < 1.29 is 4.79 Å². The molecule has 3 nitrogen and oxygen atoms in total. The van der Waals surface area contributed by atoms with E-state index < -0.39 is 0 Å². The molecule has 2 aromatic carbocycles. The number of benzene rings is 2. The lowest BCUT2D eigenvalue weighted by atomic mass is 9.95. The summed E-state index contributed by atoms with van der Waals surface area (Å²) in [6.45, 7) is 0. The van der Waals surface area contributed by atoms with Crippen LogP contribution in [0.15, 0.2) is 48.5 Å². The van der Waals surface area contributed by atoms with E-state index in [0.717, 1.165) is 24.0 Å². The summed E-state index contributed by atoms with van der Waals surface area (Å²) in [6, 6.07) is 17.6. The van der Waals surface area contributed by atoms with Gasteiger partial charge in [-0.05, 0) is 30.5 Å². The van der Waals surface area contributed by atoms with E-state index in [0.29, 0.717) is 17.2 Å². The van der Waals surface area contributed by atoms with Crippen molar-refractivity contribution >= 4 is 5.91 Å². The highest BCUT2D eigenvalue weighted by Crippen LogP contribution is 2.29. The van der Waals surface area contributed by atoms with Crippen molar-refractivity contribution in [3.05, 3.63) is 59.7 Å². The second-order valence-corrected chi connectivity index (χ2v) is 6.06. The first-order valence-electron chi connectivity index (χ1n) is 8.08. The van der Waals surface area contributed by atoms with Gasteiger partial charge in [0.15, 0.2) is 0 Å². The zero-order valence-corrected chi connectivity index (χ0v) is 13.3. The molecule has 0 spiro atoms. The van der Waals surface area contributed by atoms with Crippen molar-refractivity contribution in [2.24, 2.45) is 0 Å². The molecule has 0 N–H and O–H groups in total. The first-order chi connectivity index (χ1) is 11.2. The molecule has 2 aromatic rings. The monoisotopic (exact) mass is 304 g/mol. The van der Waals surface area contributed by atoms with Gasteiger partial charge in [-0.15, -0.1) is 0 Å². The van der Waals surface area contributed by atoms with Crippen LogP contribution in [0.4, 0.5) is 0 Å². The zero-order chi connectivity index (χ0) is 16.2. The van der Waals surface area contributed by atoms with Gasteiger partial charge in [-0.2, -0.15) is 5.26 Å². The zero-order valence-electron chi connectivity index (χ0n) is 13.3. The average molecular weight is 304 g/mol. The molecule has 1 fully saturated rings.